The van der Waals surface area contributed by atoms with Crippen molar-refractivity contribution in [2.24, 2.45) is 0 Å². The van der Waals surface area contributed by atoms with Crippen molar-refractivity contribution in [3.05, 3.63) is 54.1 Å². The lowest BCUT2D eigenvalue weighted by atomic mass is 10.2. The lowest BCUT2D eigenvalue weighted by Crippen LogP contribution is -2.05. The van der Waals surface area contributed by atoms with E-state index in [1.54, 1.807) is 31.2 Å². The minimum absolute atomic E-state index is 0.0929. The Labute approximate surface area is 111 Å². The van der Waals surface area contributed by atoms with E-state index in [9.17, 15) is 9.90 Å². The number of rotatable bonds is 4. The van der Waals surface area contributed by atoms with Crippen LogP contribution in [0.25, 0.3) is 0 Å². The van der Waals surface area contributed by atoms with Gasteiger partial charge in [0.1, 0.15) is 11.3 Å². The largest absolute Gasteiger partial charge is 0.504 e. The average molecular weight is 258 g/mol. The van der Waals surface area contributed by atoms with Crippen molar-refractivity contribution < 1.29 is 19.4 Å². The fourth-order valence-corrected chi connectivity index (χ4v) is 1.59. The number of ether oxygens (including phenoxy) is 2. The molecule has 98 valence electrons. The number of para-hydroxylation sites is 2. The molecular weight excluding hydrogens is 244 g/mol. The van der Waals surface area contributed by atoms with Gasteiger partial charge in [0, 0.05) is 0 Å². The maximum absolute atomic E-state index is 11.6. The van der Waals surface area contributed by atoms with Gasteiger partial charge in [0.2, 0.25) is 0 Å². The zero-order valence-corrected chi connectivity index (χ0v) is 10.5. The number of esters is 1. The van der Waals surface area contributed by atoms with E-state index in [0.29, 0.717) is 5.75 Å². The summed E-state index contributed by atoms with van der Waals surface area (Å²) in [7, 11) is 0. The number of aromatic hydroxyl groups is 1. The van der Waals surface area contributed by atoms with E-state index in [0.717, 1.165) is 0 Å². The second-order valence-corrected chi connectivity index (χ2v) is 3.79. The van der Waals surface area contributed by atoms with Gasteiger partial charge in [-0.15, -0.1) is 0 Å². The van der Waals surface area contributed by atoms with E-state index < -0.39 is 5.97 Å². The summed E-state index contributed by atoms with van der Waals surface area (Å²) < 4.78 is 10.4. The Hall–Kier alpha value is -2.49. The second kappa shape index (κ2) is 5.91. The molecule has 4 heteroatoms. The van der Waals surface area contributed by atoms with Gasteiger partial charge in [-0.3, -0.25) is 0 Å². The second-order valence-electron chi connectivity index (χ2n) is 3.79. The van der Waals surface area contributed by atoms with E-state index in [-0.39, 0.29) is 23.7 Å². The summed E-state index contributed by atoms with van der Waals surface area (Å²) in [5.41, 5.74) is 0.0929. The van der Waals surface area contributed by atoms with Crippen molar-refractivity contribution in [3.63, 3.8) is 0 Å². The summed E-state index contributed by atoms with van der Waals surface area (Å²) in [6.45, 7) is 1.96. The zero-order chi connectivity index (χ0) is 13.7. The quantitative estimate of drug-likeness (QED) is 0.854. The van der Waals surface area contributed by atoms with Crippen LogP contribution in [0.4, 0.5) is 0 Å². The number of phenols is 1. The fraction of sp³-hybridized carbons (Fsp3) is 0.133. The Morgan fingerprint density at radius 3 is 2.53 bits per heavy atom. The smallest absolute Gasteiger partial charge is 0.342 e. The summed E-state index contributed by atoms with van der Waals surface area (Å²) in [6.07, 6.45) is 0. The van der Waals surface area contributed by atoms with Gasteiger partial charge in [-0.2, -0.15) is 0 Å². The van der Waals surface area contributed by atoms with Crippen LogP contribution >= 0.6 is 0 Å². The number of hydrogen-bond donors (Lipinski definition) is 1. The Morgan fingerprint density at radius 1 is 1.11 bits per heavy atom. The van der Waals surface area contributed by atoms with Crippen LogP contribution in [0.2, 0.25) is 0 Å². The van der Waals surface area contributed by atoms with E-state index in [2.05, 4.69) is 0 Å². The highest BCUT2D eigenvalue weighted by Gasteiger charge is 2.16. The third-order valence-electron chi connectivity index (χ3n) is 2.47. The Bertz CT molecular complexity index is 564. The van der Waals surface area contributed by atoms with Gasteiger partial charge < -0.3 is 14.6 Å². The molecule has 0 fully saturated rings. The molecule has 2 rings (SSSR count). The molecule has 0 spiro atoms. The van der Waals surface area contributed by atoms with Crippen LogP contribution in [0.3, 0.4) is 0 Å². The molecule has 0 unspecified atom stereocenters. The first-order valence-corrected chi connectivity index (χ1v) is 5.94. The van der Waals surface area contributed by atoms with Crippen molar-refractivity contribution in [2.75, 3.05) is 6.61 Å². The molecule has 0 aromatic heterocycles. The summed E-state index contributed by atoms with van der Waals surface area (Å²) in [5.74, 6) is 0.0128. The standard InChI is InChI=1S/C15H14O4/c1-2-18-15(17)12-9-6-10-13(14(12)16)19-11-7-4-3-5-8-11/h3-10,16H,2H2,1H3. The molecule has 0 aliphatic heterocycles. The normalized spacial score (nSPS) is 9.95. The molecule has 0 heterocycles. The van der Waals surface area contributed by atoms with E-state index in [4.69, 9.17) is 9.47 Å². The molecule has 0 radical (unpaired) electrons. The number of benzene rings is 2. The molecule has 2 aromatic rings. The molecule has 19 heavy (non-hydrogen) atoms. The molecule has 1 N–H and O–H groups in total. The summed E-state index contributed by atoms with van der Waals surface area (Å²) >= 11 is 0. The van der Waals surface area contributed by atoms with Crippen molar-refractivity contribution in [3.8, 4) is 17.2 Å². The van der Waals surface area contributed by atoms with Crippen molar-refractivity contribution >= 4 is 5.97 Å². The Balaban J connectivity index is 2.27. The molecule has 0 saturated carbocycles. The monoisotopic (exact) mass is 258 g/mol. The fourth-order valence-electron chi connectivity index (χ4n) is 1.59. The van der Waals surface area contributed by atoms with Crippen LogP contribution in [0, 0.1) is 0 Å². The van der Waals surface area contributed by atoms with E-state index in [1.807, 2.05) is 18.2 Å². The van der Waals surface area contributed by atoms with Gasteiger partial charge in [0.15, 0.2) is 11.5 Å². The van der Waals surface area contributed by atoms with Crippen LogP contribution in [-0.4, -0.2) is 17.7 Å². The van der Waals surface area contributed by atoms with Crippen molar-refractivity contribution in [2.45, 2.75) is 6.92 Å². The highest BCUT2D eigenvalue weighted by Crippen LogP contribution is 2.33. The lowest BCUT2D eigenvalue weighted by molar-refractivity contribution is 0.0522. The molecule has 0 aliphatic carbocycles. The van der Waals surface area contributed by atoms with Gasteiger partial charge >= 0.3 is 5.97 Å². The Morgan fingerprint density at radius 2 is 1.84 bits per heavy atom. The van der Waals surface area contributed by atoms with Gasteiger partial charge in [-0.1, -0.05) is 24.3 Å². The first kappa shape index (κ1) is 13.0. The van der Waals surface area contributed by atoms with E-state index >= 15 is 0 Å². The summed E-state index contributed by atoms with van der Waals surface area (Å²) in [4.78, 5) is 11.6. The average Bonchev–Trinajstić information content (AvgIpc) is 2.42. The first-order valence-electron chi connectivity index (χ1n) is 5.94. The van der Waals surface area contributed by atoms with E-state index in [1.165, 1.54) is 6.07 Å². The molecule has 0 amide bonds. The molecule has 0 atom stereocenters. The maximum atomic E-state index is 11.6. The maximum Gasteiger partial charge on any atom is 0.342 e. The molecule has 4 nitrogen and oxygen atoms in total. The molecule has 0 bridgehead atoms. The van der Waals surface area contributed by atoms with Crippen LogP contribution in [0.5, 0.6) is 17.2 Å². The minimum atomic E-state index is -0.571. The molecule has 2 aromatic carbocycles. The third-order valence-corrected chi connectivity index (χ3v) is 2.47. The van der Waals surface area contributed by atoms with Gasteiger partial charge in [-0.25, -0.2) is 4.79 Å². The highest BCUT2D eigenvalue weighted by atomic mass is 16.5. The lowest BCUT2D eigenvalue weighted by Gasteiger charge is -2.10. The minimum Gasteiger partial charge on any atom is -0.504 e. The molecule has 0 saturated heterocycles. The van der Waals surface area contributed by atoms with Gasteiger partial charge in [0.05, 0.1) is 6.61 Å². The van der Waals surface area contributed by atoms with Crippen LogP contribution in [0.1, 0.15) is 17.3 Å². The van der Waals surface area contributed by atoms with Gasteiger partial charge in [-0.05, 0) is 31.2 Å². The van der Waals surface area contributed by atoms with Crippen LogP contribution < -0.4 is 4.74 Å². The predicted octanol–water partition coefficient (Wildman–Crippen LogP) is 3.36. The van der Waals surface area contributed by atoms with Crippen molar-refractivity contribution in [1.82, 2.24) is 0 Å². The molecule has 0 aliphatic rings. The van der Waals surface area contributed by atoms with Crippen LogP contribution in [-0.2, 0) is 4.74 Å². The number of phenolic OH excluding ortho intramolecular Hbond substituents is 1. The number of hydrogen-bond acceptors (Lipinski definition) is 4. The summed E-state index contributed by atoms with van der Waals surface area (Å²) in [5, 5.41) is 10.0. The summed E-state index contributed by atoms with van der Waals surface area (Å²) in [6, 6.07) is 13.7. The van der Waals surface area contributed by atoms with Crippen molar-refractivity contribution in [1.29, 1.82) is 0 Å². The van der Waals surface area contributed by atoms with Crippen LogP contribution in [0.15, 0.2) is 48.5 Å². The Kier molecular flexibility index (Phi) is 4.03. The third kappa shape index (κ3) is 3.04. The number of carbonyl (C=O) groups is 1. The SMILES string of the molecule is CCOC(=O)c1cccc(Oc2ccccc2)c1O. The topological polar surface area (TPSA) is 55.8 Å². The first-order chi connectivity index (χ1) is 9.22. The number of carbonyl (C=O) groups excluding carboxylic acids is 1. The van der Waals surface area contributed by atoms with Gasteiger partial charge in [0.25, 0.3) is 0 Å². The molecular formula is C15H14O4. The highest BCUT2D eigenvalue weighted by molar-refractivity contribution is 5.93. The zero-order valence-electron chi connectivity index (χ0n) is 10.5. The predicted molar refractivity (Wildman–Crippen MR) is 70.6 cm³/mol.